The quantitative estimate of drug-likeness (QED) is 0.587. The lowest BCUT2D eigenvalue weighted by Crippen LogP contribution is -2.30. The van der Waals surface area contributed by atoms with E-state index in [0.29, 0.717) is 12.8 Å². The Hall–Kier alpha value is -2.88. The third-order valence-corrected chi connectivity index (χ3v) is 6.40. The minimum atomic E-state index is -4.77. The van der Waals surface area contributed by atoms with Gasteiger partial charge in [-0.15, -0.1) is 0 Å². The molecule has 1 aromatic carbocycles. The summed E-state index contributed by atoms with van der Waals surface area (Å²) in [6.07, 6.45) is -2.71. The number of hydrogen-bond acceptors (Lipinski definition) is 4. The number of nitrogens with one attached hydrogen (secondary N) is 1. The molecule has 4 N–H and O–H groups in total. The molecule has 0 bridgehead atoms. The standard InChI is InChI=1S/C23H25F4N3O3/c1-22(2)8-16-19(18(32)9-22)12(23(25,26)27)10-30(16)11-6-13(24)20(21(28)33)15(7-11)29-14-4-3-5-17(14)31/h6-7,10,14,17,29,31H,3-5,8-9H2,1-2H3,(H2,28,33). The predicted octanol–water partition coefficient (Wildman–Crippen LogP) is 4.21. The molecular formula is C23H25F4N3O3. The Balaban J connectivity index is 1.91. The smallest absolute Gasteiger partial charge is 0.391 e. The molecule has 4 rings (SSSR count). The molecule has 2 unspecified atom stereocenters. The number of halogens is 4. The van der Waals surface area contributed by atoms with Crippen LogP contribution in [0.1, 0.15) is 71.5 Å². The highest BCUT2D eigenvalue weighted by molar-refractivity contribution is 6.01. The van der Waals surface area contributed by atoms with Crippen LogP contribution in [0.3, 0.4) is 0 Å². The molecule has 0 spiro atoms. The third-order valence-electron chi connectivity index (χ3n) is 6.40. The molecule has 2 atom stereocenters. The Bertz CT molecular complexity index is 1140. The number of rotatable bonds is 4. The highest BCUT2D eigenvalue weighted by Gasteiger charge is 2.43. The van der Waals surface area contributed by atoms with E-state index in [9.17, 15) is 27.9 Å². The molecule has 33 heavy (non-hydrogen) atoms. The number of nitrogens with two attached hydrogens (primary N) is 1. The molecule has 1 amide bonds. The van der Waals surface area contributed by atoms with Gasteiger partial charge in [0.2, 0.25) is 0 Å². The largest absolute Gasteiger partial charge is 0.418 e. The van der Waals surface area contributed by atoms with Gasteiger partial charge >= 0.3 is 6.18 Å². The predicted molar refractivity (Wildman–Crippen MR) is 113 cm³/mol. The summed E-state index contributed by atoms with van der Waals surface area (Å²) >= 11 is 0. The molecule has 6 nitrogen and oxygen atoms in total. The number of benzene rings is 1. The number of Topliss-reactive ketones (excluding diaryl/α,β-unsaturated/α-hetero) is 1. The van der Waals surface area contributed by atoms with Crippen molar-refractivity contribution in [2.45, 2.75) is 64.3 Å². The van der Waals surface area contributed by atoms with Gasteiger partial charge in [-0.3, -0.25) is 9.59 Å². The van der Waals surface area contributed by atoms with E-state index in [4.69, 9.17) is 5.73 Å². The van der Waals surface area contributed by atoms with Crippen LogP contribution in [0.5, 0.6) is 0 Å². The van der Waals surface area contributed by atoms with Crippen molar-refractivity contribution in [1.29, 1.82) is 0 Å². The van der Waals surface area contributed by atoms with Gasteiger partial charge in [-0.2, -0.15) is 13.2 Å². The summed E-state index contributed by atoms with van der Waals surface area (Å²) < 4.78 is 57.5. The molecule has 178 valence electrons. The van der Waals surface area contributed by atoms with E-state index in [1.54, 1.807) is 13.8 Å². The van der Waals surface area contributed by atoms with E-state index in [0.717, 1.165) is 18.7 Å². The molecule has 0 saturated heterocycles. The fourth-order valence-corrected chi connectivity index (χ4v) is 4.92. The molecule has 0 aliphatic heterocycles. The lowest BCUT2D eigenvalue weighted by molar-refractivity contribution is -0.137. The second-order valence-electron chi connectivity index (χ2n) is 9.64. The first kappa shape index (κ1) is 23.3. The van der Waals surface area contributed by atoms with Gasteiger partial charge in [0.05, 0.1) is 40.2 Å². The van der Waals surface area contributed by atoms with E-state index in [-0.39, 0.29) is 29.9 Å². The van der Waals surface area contributed by atoms with Crippen LogP contribution in [0, 0.1) is 11.2 Å². The van der Waals surface area contributed by atoms with Gasteiger partial charge in [-0.25, -0.2) is 4.39 Å². The fraction of sp³-hybridized carbons (Fsp3) is 0.478. The van der Waals surface area contributed by atoms with Crippen molar-refractivity contribution in [3.05, 3.63) is 46.5 Å². The first-order chi connectivity index (χ1) is 15.3. The Morgan fingerprint density at radius 3 is 2.52 bits per heavy atom. The molecule has 2 aromatic rings. The maximum atomic E-state index is 15.0. The number of primary amides is 1. The number of alkyl halides is 3. The normalized spacial score (nSPS) is 22.3. The lowest BCUT2D eigenvalue weighted by Gasteiger charge is -2.30. The SMILES string of the molecule is CC1(C)CC(=O)c2c(C(F)(F)F)cn(-c3cc(F)c(C(N)=O)c(NC4CCCC4O)c3)c2C1. The second kappa shape index (κ2) is 7.86. The van der Waals surface area contributed by atoms with Crippen LogP contribution in [0.4, 0.5) is 23.2 Å². The van der Waals surface area contributed by atoms with Crippen LogP contribution in [-0.4, -0.2) is 33.5 Å². The van der Waals surface area contributed by atoms with Crippen LogP contribution in [0.15, 0.2) is 18.3 Å². The zero-order chi connectivity index (χ0) is 24.3. The number of amides is 1. The number of carbonyl (C=O) groups excluding carboxylic acids is 2. The van der Waals surface area contributed by atoms with Crippen molar-refractivity contribution in [1.82, 2.24) is 4.57 Å². The third kappa shape index (κ3) is 4.23. The van der Waals surface area contributed by atoms with Crippen molar-refractivity contribution in [2.24, 2.45) is 11.1 Å². The first-order valence-corrected chi connectivity index (χ1v) is 10.7. The van der Waals surface area contributed by atoms with Gasteiger partial charge in [-0.05, 0) is 43.2 Å². The molecular weight excluding hydrogens is 442 g/mol. The van der Waals surface area contributed by atoms with Crippen LogP contribution in [0.2, 0.25) is 0 Å². The minimum absolute atomic E-state index is 0.0131. The van der Waals surface area contributed by atoms with Crippen molar-refractivity contribution < 1.29 is 32.3 Å². The molecule has 0 radical (unpaired) electrons. The van der Waals surface area contributed by atoms with E-state index in [1.807, 2.05) is 0 Å². The Kier molecular flexibility index (Phi) is 5.55. The zero-order valence-electron chi connectivity index (χ0n) is 18.2. The average molecular weight is 467 g/mol. The van der Waals surface area contributed by atoms with Gasteiger partial charge in [0, 0.05) is 18.3 Å². The van der Waals surface area contributed by atoms with Crippen molar-refractivity contribution >= 4 is 17.4 Å². The van der Waals surface area contributed by atoms with Gasteiger partial charge in [0.25, 0.3) is 5.91 Å². The number of ketones is 1. The topological polar surface area (TPSA) is 97.4 Å². The number of carbonyl (C=O) groups is 2. The zero-order valence-corrected chi connectivity index (χ0v) is 18.2. The van der Waals surface area contributed by atoms with E-state index in [2.05, 4.69) is 5.32 Å². The summed E-state index contributed by atoms with van der Waals surface area (Å²) in [4.78, 5) is 24.6. The van der Waals surface area contributed by atoms with Gasteiger partial charge < -0.3 is 20.7 Å². The van der Waals surface area contributed by atoms with Gasteiger partial charge in [-0.1, -0.05) is 13.8 Å². The second-order valence-corrected chi connectivity index (χ2v) is 9.64. The number of aliphatic hydroxyl groups excluding tert-OH is 1. The number of aromatic nitrogens is 1. The number of aliphatic hydroxyl groups is 1. The number of nitrogens with zero attached hydrogens (tertiary/aromatic N) is 1. The Morgan fingerprint density at radius 2 is 1.94 bits per heavy atom. The van der Waals surface area contributed by atoms with Crippen LogP contribution < -0.4 is 11.1 Å². The van der Waals surface area contributed by atoms with Crippen LogP contribution in [-0.2, 0) is 12.6 Å². The van der Waals surface area contributed by atoms with Gasteiger partial charge in [0.15, 0.2) is 5.78 Å². The lowest BCUT2D eigenvalue weighted by atomic mass is 9.75. The van der Waals surface area contributed by atoms with Crippen molar-refractivity contribution in [3.63, 3.8) is 0 Å². The molecule has 1 heterocycles. The van der Waals surface area contributed by atoms with E-state index >= 15 is 4.39 Å². The molecule has 10 heteroatoms. The van der Waals surface area contributed by atoms with E-state index < -0.39 is 57.9 Å². The number of hydrogen-bond donors (Lipinski definition) is 3. The van der Waals surface area contributed by atoms with Crippen molar-refractivity contribution in [2.75, 3.05) is 5.32 Å². The highest BCUT2D eigenvalue weighted by atomic mass is 19.4. The molecule has 1 aromatic heterocycles. The Labute approximate surface area is 187 Å². The summed E-state index contributed by atoms with van der Waals surface area (Å²) in [6.45, 7) is 3.56. The summed E-state index contributed by atoms with van der Waals surface area (Å²) in [6, 6.07) is 1.81. The first-order valence-electron chi connectivity index (χ1n) is 10.7. The number of anilines is 1. The van der Waals surface area contributed by atoms with E-state index in [1.165, 1.54) is 10.6 Å². The summed E-state index contributed by atoms with van der Waals surface area (Å²) in [5.41, 5.74) is 3.01. The monoisotopic (exact) mass is 467 g/mol. The molecule has 1 fully saturated rings. The van der Waals surface area contributed by atoms with Gasteiger partial charge in [0.1, 0.15) is 5.82 Å². The summed E-state index contributed by atoms with van der Waals surface area (Å²) in [5, 5.41) is 13.1. The molecule has 2 aliphatic carbocycles. The number of fused-ring (bicyclic) bond motifs is 1. The van der Waals surface area contributed by atoms with Crippen molar-refractivity contribution in [3.8, 4) is 5.69 Å². The maximum absolute atomic E-state index is 15.0. The maximum Gasteiger partial charge on any atom is 0.418 e. The molecule has 1 saturated carbocycles. The fourth-order valence-electron chi connectivity index (χ4n) is 4.92. The summed E-state index contributed by atoms with van der Waals surface area (Å²) in [5.74, 6) is -2.67. The minimum Gasteiger partial charge on any atom is -0.391 e. The summed E-state index contributed by atoms with van der Waals surface area (Å²) in [7, 11) is 0. The van der Waals surface area contributed by atoms with Crippen LogP contribution in [0.25, 0.3) is 5.69 Å². The molecule has 2 aliphatic rings. The average Bonchev–Trinajstić information content (AvgIpc) is 3.23. The van der Waals surface area contributed by atoms with Crippen LogP contribution >= 0.6 is 0 Å². The highest BCUT2D eigenvalue weighted by Crippen LogP contribution is 2.43. The Morgan fingerprint density at radius 1 is 1.24 bits per heavy atom.